The summed E-state index contributed by atoms with van der Waals surface area (Å²) in [7, 11) is 0. The van der Waals surface area contributed by atoms with Crippen LogP contribution in [0.25, 0.3) is 0 Å². The molecule has 2 aromatic rings. The minimum atomic E-state index is -0.393. The molecule has 0 N–H and O–H groups in total. The van der Waals surface area contributed by atoms with Crippen molar-refractivity contribution in [3.63, 3.8) is 0 Å². The maximum Gasteiger partial charge on any atom is 0.338 e. The van der Waals surface area contributed by atoms with E-state index in [0.717, 1.165) is 5.56 Å². The van der Waals surface area contributed by atoms with Gasteiger partial charge in [0.15, 0.2) is 0 Å². The van der Waals surface area contributed by atoms with Crippen molar-refractivity contribution in [1.82, 2.24) is 0 Å². The van der Waals surface area contributed by atoms with Gasteiger partial charge in [-0.15, -0.1) is 0 Å². The first-order valence-electron chi connectivity index (χ1n) is 5.74. The van der Waals surface area contributed by atoms with E-state index < -0.39 is 5.97 Å². The summed E-state index contributed by atoms with van der Waals surface area (Å²) in [5.41, 5.74) is 2.21. The molecule has 0 saturated carbocycles. The Bertz CT molecular complexity index is 571. The van der Waals surface area contributed by atoms with Crippen molar-refractivity contribution < 1.29 is 9.53 Å². The Morgan fingerprint density at radius 2 is 1.63 bits per heavy atom. The Morgan fingerprint density at radius 1 is 1.05 bits per heavy atom. The molecular weight excluding hydrogens is 283 g/mol. The molecule has 2 nitrogen and oxygen atoms in total. The van der Waals surface area contributed by atoms with Crippen molar-refractivity contribution in [2.24, 2.45) is 0 Å². The van der Waals surface area contributed by atoms with Crippen molar-refractivity contribution in [2.75, 3.05) is 0 Å². The minimum absolute atomic E-state index is 0.0607. The van der Waals surface area contributed by atoms with Crippen molar-refractivity contribution in [3.8, 4) is 0 Å². The van der Waals surface area contributed by atoms with Crippen LogP contribution in [0.15, 0.2) is 42.5 Å². The summed E-state index contributed by atoms with van der Waals surface area (Å²) in [5.74, 6) is -0.393. The molecule has 0 aliphatic rings. The van der Waals surface area contributed by atoms with Gasteiger partial charge in [-0.1, -0.05) is 47.0 Å². The number of hydrogen-bond donors (Lipinski definition) is 0. The third-order valence-corrected chi connectivity index (χ3v) is 3.40. The minimum Gasteiger partial charge on any atom is -0.457 e. The van der Waals surface area contributed by atoms with Gasteiger partial charge in [-0.3, -0.25) is 0 Å². The average molecular weight is 295 g/mol. The highest BCUT2D eigenvalue weighted by Crippen LogP contribution is 2.25. The molecular formula is C15H12Cl2O2. The predicted molar refractivity (Wildman–Crippen MR) is 76.8 cm³/mol. The molecule has 2 rings (SSSR count). The highest BCUT2D eigenvalue weighted by molar-refractivity contribution is 6.35. The SMILES string of the molecule is Cc1ccc(C(=O)OCc2c(Cl)cccc2Cl)cc1. The number of aryl methyl sites for hydroxylation is 1. The fraction of sp³-hybridized carbons (Fsp3) is 0.133. The van der Waals surface area contributed by atoms with Gasteiger partial charge in [-0.2, -0.15) is 0 Å². The van der Waals surface area contributed by atoms with Crippen LogP contribution in [0.3, 0.4) is 0 Å². The quantitative estimate of drug-likeness (QED) is 0.770. The van der Waals surface area contributed by atoms with E-state index >= 15 is 0 Å². The summed E-state index contributed by atoms with van der Waals surface area (Å²) in [6, 6.07) is 12.3. The number of esters is 1. The van der Waals surface area contributed by atoms with E-state index in [-0.39, 0.29) is 6.61 Å². The van der Waals surface area contributed by atoms with Crippen LogP contribution in [0, 0.1) is 6.92 Å². The zero-order chi connectivity index (χ0) is 13.8. The third-order valence-electron chi connectivity index (χ3n) is 2.70. The second-order valence-electron chi connectivity index (χ2n) is 4.14. The van der Waals surface area contributed by atoms with Gasteiger partial charge in [0.05, 0.1) is 5.56 Å². The van der Waals surface area contributed by atoms with Crippen LogP contribution in [-0.4, -0.2) is 5.97 Å². The van der Waals surface area contributed by atoms with E-state index in [9.17, 15) is 4.79 Å². The molecule has 0 unspecified atom stereocenters. The Labute approximate surface area is 121 Å². The molecule has 4 heteroatoms. The molecule has 0 spiro atoms. The molecule has 0 aliphatic carbocycles. The van der Waals surface area contributed by atoms with Gasteiger partial charge in [0.1, 0.15) is 6.61 Å². The molecule has 0 radical (unpaired) electrons. The van der Waals surface area contributed by atoms with Crippen LogP contribution in [0.2, 0.25) is 10.0 Å². The molecule has 2 aromatic carbocycles. The van der Waals surface area contributed by atoms with E-state index in [1.165, 1.54) is 0 Å². The lowest BCUT2D eigenvalue weighted by molar-refractivity contribution is 0.0473. The van der Waals surface area contributed by atoms with E-state index in [4.69, 9.17) is 27.9 Å². The van der Waals surface area contributed by atoms with Crippen LogP contribution in [0.5, 0.6) is 0 Å². The molecule has 98 valence electrons. The standard InChI is InChI=1S/C15H12Cl2O2/c1-10-5-7-11(8-6-10)15(18)19-9-12-13(16)3-2-4-14(12)17/h2-8H,9H2,1H3. The first kappa shape index (κ1) is 13.9. The smallest absolute Gasteiger partial charge is 0.338 e. The molecule has 0 amide bonds. The molecule has 0 atom stereocenters. The summed E-state index contributed by atoms with van der Waals surface area (Å²) in [5, 5.41) is 0.980. The number of carbonyl (C=O) groups excluding carboxylic acids is 1. The topological polar surface area (TPSA) is 26.3 Å². The third kappa shape index (κ3) is 3.49. The maximum atomic E-state index is 11.8. The number of ether oxygens (including phenoxy) is 1. The fourth-order valence-electron chi connectivity index (χ4n) is 1.58. The Morgan fingerprint density at radius 3 is 2.21 bits per heavy atom. The number of halogens is 2. The van der Waals surface area contributed by atoms with Gasteiger partial charge in [-0.25, -0.2) is 4.79 Å². The van der Waals surface area contributed by atoms with Crippen molar-refractivity contribution in [3.05, 3.63) is 69.2 Å². The Kier molecular flexibility index (Phi) is 4.46. The van der Waals surface area contributed by atoms with Crippen LogP contribution in [0.4, 0.5) is 0 Å². The largest absolute Gasteiger partial charge is 0.457 e. The van der Waals surface area contributed by atoms with Crippen LogP contribution in [0.1, 0.15) is 21.5 Å². The molecule has 0 bridgehead atoms. The number of rotatable bonds is 3. The van der Waals surface area contributed by atoms with Gasteiger partial charge in [0.2, 0.25) is 0 Å². The van der Waals surface area contributed by atoms with Crippen molar-refractivity contribution >= 4 is 29.2 Å². The van der Waals surface area contributed by atoms with Crippen molar-refractivity contribution in [1.29, 1.82) is 0 Å². The normalized spacial score (nSPS) is 10.3. The summed E-state index contributed by atoms with van der Waals surface area (Å²) in [6.45, 7) is 2.02. The average Bonchev–Trinajstić information content (AvgIpc) is 2.38. The van der Waals surface area contributed by atoms with E-state index in [1.54, 1.807) is 30.3 Å². The molecule has 0 heterocycles. The van der Waals surface area contributed by atoms with Crippen LogP contribution < -0.4 is 0 Å². The summed E-state index contributed by atoms with van der Waals surface area (Å²) in [6.07, 6.45) is 0. The van der Waals surface area contributed by atoms with Gasteiger partial charge < -0.3 is 4.74 Å². The van der Waals surface area contributed by atoms with Crippen LogP contribution in [-0.2, 0) is 11.3 Å². The van der Waals surface area contributed by atoms with Gasteiger partial charge in [0, 0.05) is 15.6 Å². The Balaban J connectivity index is 2.06. The van der Waals surface area contributed by atoms with E-state index in [0.29, 0.717) is 21.2 Å². The van der Waals surface area contributed by atoms with Gasteiger partial charge >= 0.3 is 5.97 Å². The fourth-order valence-corrected chi connectivity index (χ4v) is 2.09. The first-order chi connectivity index (χ1) is 9.08. The lowest BCUT2D eigenvalue weighted by Crippen LogP contribution is -2.05. The lowest BCUT2D eigenvalue weighted by atomic mass is 10.1. The monoisotopic (exact) mass is 294 g/mol. The maximum absolute atomic E-state index is 11.8. The second-order valence-corrected chi connectivity index (χ2v) is 4.96. The molecule has 0 aromatic heterocycles. The second kappa shape index (κ2) is 6.09. The number of benzene rings is 2. The number of hydrogen-bond acceptors (Lipinski definition) is 2. The predicted octanol–water partition coefficient (Wildman–Crippen LogP) is 4.66. The van der Waals surface area contributed by atoms with E-state index in [2.05, 4.69) is 0 Å². The summed E-state index contributed by atoms with van der Waals surface area (Å²) >= 11 is 12.0. The zero-order valence-electron chi connectivity index (χ0n) is 10.3. The summed E-state index contributed by atoms with van der Waals surface area (Å²) in [4.78, 5) is 11.8. The molecule has 0 aliphatic heterocycles. The van der Waals surface area contributed by atoms with Crippen LogP contribution >= 0.6 is 23.2 Å². The lowest BCUT2D eigenvalue weighted by Gasteiger charge is -2.08. The van der Waals surface area contributed by atoms with Crippen molar-refractivity contribution in [2.45, 2.75) is 13.5 Å². The molecule has 19 heavy (non-hydrogen) atoms. The number of carbonyl (C=O) groups is 1. The molecule has 0 fully saturated rings. The van der Waals surface area contributed by atoms with Gasteiger partial charge in [0.25, 0.3) is 0 Å². The Hall–Kier alpha value is -1.51. The summed E-state index contributed by atoms with van der Waals surface area (Å²) < 4.78 is 5.21. The first-order valence-corrected chi connectivity index (χ1v) is 6.50. The zero-order valence-corrected chi connectivity index (χ0v) is 11.8. The highest BCUT2D eigenvalue weighted by Gasteiger charge is 2.10. The highest BCUT2D eigenvalue weighted by atomic mass is 35.5. The van der Waals surface area contributed by atoms with E-state index in [1.807, 2.05) is 19.1 Å². The van der Waals surface area contributed by atoms with Gasteiger partial charge in [-0.05, 0) is 31.2 Å². The molecule has 0 saturated heterocycles.